The van der Waals surface area contributed by atoms with Gasteiger partial charge in [0, 0.05) is 24.7 Å². The topological polar surface area (TPSA) is 72.9 Å². The number of hydrogen-bond acceptors (Lipinski definition) is 3. The number of nitrogens with one attached hydrogen (secondary N) is 1. The predicted octanol–water partition coefficient (Wildman–Crippen LogP) is 1.31. The number of fused-ring (bicyclic) bond motifs is 1. The summed E-state index contributed by atoms with van der Waals surface area (Å²) in [4.78, 5) is 11.3. The second kappa shape index (κ2) is 4.52. The Morgan fingerprint density at radius 1 is 1.53 bits per heavy atom. The molecule has 0 radical (unpaired) electrons. The van der Waals surface area contributed by atoms with Crippen molar-refractivity contribution in [2.75, 3.05) is 6.54 Å². The van der Waals surface area contributed by atoms with Crippen molar-refractivity contribution in [3.63, 3.8) is 0 Å². The average Bonchev–Trinajstić information content (AvgIpc) is 2.66. The van der Waals surface area contributed by atoms with Crippen LogP contribution in [0.4, 0.5) is 13.2 Å². The Kier molecular flexibility index (Phi) is 3.29. The van der Waals surface area contributed by atoms with Crippen LogP contribution >= 0.6 is 0 Å². The lowest BCUT2D eigenvalue weighted by Crippen LogP contribution is -2.38. The molecule has 1 aliphatic heterocycles. The zero-order chi connectivity index (χ0) is 14.4. The largest absolute Gasteiger partial charge is 0.398 e. The SMILES string of the molecule is CC(C)n1nc(C(N)=O)c2c1C(C(F)(F)F)CNC2. The smallest absolute Gasteiger partial charge is 0.364 e. The van der Waals surface area contributed by atoms with Crippen LogP contribution in [-0.2, 0) is 6.54 Å². The fraction of sp³-hybridized carbons (Fsp3) is 0.636. The molecule has 19 heavy (non-hydrogen) atoms. The molecule has 2 rings (SSSR count). The minimum Gasteiger partial charge on any atom is -0.364 e. The van der Waals surface area contributed by atoms with Gasteiger partial charge in [-0.3, -0.25) is 9.48 Å². The van der Waals surface area contributed by atoms with Crippen LogP contribution in [0.25, 0.3) is 0 Å². The summed E-state index contributed by atoms with van der Waals surface area (Å²) in [6, 6.07) is -0.273. The number of hydrogen-bond donors (Lipinski definition) is 2. The van der Waals surface area contributed by atoms with Crippen molar-refractivity contribution in [2.45, 2.75) is 38.5 Å². The summed E-state index contributed by atoms with van der Waals surface area (Å²) < 4.78 is 40.5. The molecule has 1 aliphatic rings. The van der Waals surface area contributed by atoms with Gasteiger partial charge in [-0.15, -0.1) is 0 Å². The Bertz CT molecular complexity index is 507. The molecule has 0 aliphatic carbocycles. The number of carbonyl (C=O) groups excluding carboxylic acids is 1. The molecular weight excluding hydrogens is 261 g/mol. The summed E-state index contributed by atoms with van der Waals surface area (Å²) in [6.45, 7) is 3.39. The third kappa shape index (κ3) is 2.32. The van der Waals surface area contributed by atoms with E-state index in [1.54, 1.807) is 13.8 Å². The summed E-state index contributed by atoms with van der Waals surface area (Å²) in [7, 11) is 0. The van der Waals surface area contributed by atoms with Crippen LogP contribution in [0, 0.1) is 0 Å². The number of primary amides is 1. The molecule has 0 bridgehead atoms. The number of nitrogens with zero attached hydrogens (tertiary/aromatic N) is 2. The van der Waals surface area contributed by atoms with Gasteiger partial charge in [0.15, 0.2) is 5.69 Å². The molecule has 2 heterocycles. The van der Waals surface area contributed by atoms with E-state index in [0.717, 1.165) is 0 Å². The van der Waals surface area contributed by atoms with Gasteiger partial charge in [-0.05, 0) is 13.8 Å². The van der Waals surface area contributed by atoms with Gasteiger partial charge in [0.2, 0.25) is 0 Å². The molecule has 0 spiro atoms. The van der Waals surface area contributed by atoms with E-state index in [0.29, 0.717) is 0 Å². The van der Waals surface area contributed by atoms with Crippen LogP contribution in [0.2, 0.25) is 0 Å². The molecule has 106 valence electrons. The van der Waals surface area contributed by atoms with Crippen LogP contribution in [0.5, 0.6) is 0 Å². The van der Waals surface area contributed by atoms with Crippen LogP contribution in [-0.4, -0.2) is 28.4 Å². The first-order chi connectivity index (χ1) is 8.73. The van der Waals surface area contributed by atoms with E-state index in [4.69, 9.17) is 5.73 Å². The van der Waals surface area contributed by atoms with E-state index < -0.39 is 18.0 Å². The highest BCUT2D eigenvalue weighted by Crippen LogP contribution is 2.39. The highest BCUT2D eigenvalue weighted by Gasteiger charge is 2.46. The number of halogens is 3. The van der Waals surface area contributed by atoms with Crippen LogP contribution in [0.15, 0.2) is 0 Å². The molecule has 0 fully saturated rings. The van der Waals surface area contributed by atoms with Gasteiger partial charge in [0.05, 0.1) is 5.69 Å². The molecule has 8 heteroatoms. The average molecular weight is 276 g/mol. The highest BCUT2D eigenvalue weighted by atomic mass is 19.4. The van der Waals surface area contributed by atoms with E-state index >= 15 is 0 Å². The fourth-order valence-electron chi connectivity index (χ4n) is 2.33. The summed E-state index contributed by atoms with van der Waals surface area (Å²) in [5.74, 6) is -2.47. The van der Waals surface area contributed by atoms with Gasteiger partial charge >= 0.3 is 6.18 Å². The fourth-order valence-corrected chi connectivity index (χ4v) is 2.33. The van der Waals surface area contributed by atoms with Crippen molar-refractivity contribution in [1.29, 1.82) is 0 Å². The van der Waals surface area contributed by atoms with Gasteiger partial charge < -0.3 is 11.1 Å². The van der Waals surface area contributed by atoms with Crippen molar-refractivity contribution in [2.24, 2.45) is 5.73 Å². The maximum absolute atomic E-state index is 13.1. The number of amides is 1. The van der Waals surface area contributed by atoms with E-state index in [1.807, 2.05) is 0 Å². The standard InChI is InChI=1S/C11H15F3N4O/c1-5(2)18-9-6(8(17-18)10(15)19)3-16-4-7(9)11(12,13)14/h5,7,16H,3-4H2,1-2H3,(H2,15,19). The number of nitrogens with two attached hydrogens (primary N) is 1. The number of carbonyl (C=O) groups is 1. The Hall–Kier alpha value is -1.57. The first-order valence-corrected chi connectivity index (χ1v) is 5.92. The zero-order valence-electron chi connectivity index (χ0n) is 10.6. The van der Waals surface area contributed by atoms with Gasteiger partial charge in [-0.2, -0.15) is 18.3 Å². The highest BCUT2D eigenvalue weighted by molar-refractivity contribution is 5.92. The molecule has 0 aromatic carbocycles. The summed E-state index contributed by atoms with van der Waals surface area (Å²) in [5.41, 5.74) is 5.41. The Labute approximate surface area is 108 Å². The van der Waals surface area contributed by atoms with Crippen molar-refractivity contribution in [1.82, 2.24) is 15.1 Å². The quantitative estimate of drug-likeness (QED) is 0.855. The Morgan fingerprint density at radius 3 is 2.63 bits per heavy atom. The maximum atomic E-state index is 13.1. The molecule has 0 saturated carbocycles. The van der Waals surface area contributed by atoms with Gasteiger partial charge in [0.1, 0.15) is 5.92 Å². The second-order valence-corrected chi connectivity index (χ2v) is 4.84. The van der Waals surface area contributed by atoms with Gasteiger partial charge in [-0.1, -0.05) is 0 Å². The summed E-state index contributed by atoms with van der Waals surface area (Å²) in [5, 5.41) is 6.62. The molecule has 5 nitrogen and oxygen atoms in total. The lowest BCUT2D eigenvalue weighted by atomic mass is 9.95. The van der Waals surface area contributed by atoms with Crippen LogP contribution in [0.3, 0.4) is 0 Å². The third-order valence-corrected chi connectivity index (χ3v) is 3.15. The molecule has 1 unspecified atom stereocenters. The van der Waals surface area contributed by atoms with E-state index in [-0.39, 0.29) is 36.1 Å². The molecule has 1 aromatic rings. The molecule has 1 aromatic heterocycles. The Morgan fingerprint density at radius 2 is 2.16 bits per heavy atom. The van der Waals surface area contributed by atoms with Crippen molar-refractivity contribution < 1.29 is 18.0 Å². The third-order valence-electron chi connectivity index (χ3n) is 3.15. The van der Waals surface area contributed by atoms with Crippen LogP contribution < -0.4 is 11.1 Å². The van der Waals surface area contributed by atoms with E-state index in [2.05, 4.69) is 10.4 Å². The lowest BCUT2D eigenvalue weighted by Gasteiger charge is -2.28. The van der Waals surface area contributed by atoms with Gasteiger partial charge in [0.25, 0.3) is 5.91 Å². The number of rotatable bonds is 2. The first-order valence-electron chi connectivity index (χ1n) is 5.92. The van der Waals surface area contributed by atoms with Crippen LogP contribution in [0.1, 0.15) is 47.6 Å². The first kappa shape index (κ1) is 13.9. The Balaban J connectivity index is 2.64. The molecule has 1 atom stereocenters. The number of aromatic nitrogens is 2. The van der Waals surface area contributed by atoms with Crippen molar-refractivity contribution in [3.05, 3.63) is 17.0 Å². The van der Waals surface area contributed by atoms with E-state index in [9.17, 15) is 18.0 Å². The minimum absolute atomic E-state index is 0.0510. The normalized spacial score (nSPS) is 19.6. The predicted molar refractivity (Wildman–Crippen MR) is 61.6 cm³/mol. The summed E-state index contributed by atoms with van der Waals surface area (Å²) in [6.07, 6.45) is -4.39. The zero-order valence-corrected chi connectivity index (χ0v) is 10.6. The summed E-state index contributed by atoms with van der Waals surface area (Å²) >= 11 is 0. The second-order valence-electron chi connectivity index (χ2n) is 4.84. The molecule has 3 N–H and O–H groups in total. The molecular formula is C11H15F3N4O. The minimum atomic E-state index is -4.39. The van der Waals surface area contributed by atoms with Gasteiger partial charge in [-0.25, -0.2) is 0 Å². The number of alkyl halides is 3. The monoisotopic (exact) mass is 276 g/mol. The van der Waals surface area contributed by atoms with Crippen molar-refractivity contribution >= 4 is 5.91 Å². The van der Waals surface area contributed by atoms with Crippen molar-refractivity contribution in [3.8, 4) is 0 Å². The molecule has 0 saturated heterocycles. The lowest BCUT2D eigenvalue weighted by molar-refractivity contribution is -0.152. The maximum Gasteiger partial charge on any atom is 0.398 e. The molecule has 1 amide bonds. The van der Waals surface area contributed by atoms with E-state index in [1.165, 1.54) is 4.68 Å².